The highest BCUT2D eigenvalue weighted by atomic mass is 127. The summed E-state index contributed by atoms with van der Waals surface area (Å²) in [4.78, 5) is 9.17. The third-order valence-corrected chi connectivity index (χ3v) is 4.62. The molecule has 1 heterocycles. The van der Waals surface area contributed by atoms with Crippen molar-refractivity contribution in [2.24, 2.45) is 10.9 Å². The maximum absolute atomic E-state index is 6.08. The van der Waals surface area contributed by atoms with Crippen molar-refractivity contribution in [3.05, 3.63) is 29.3 Å². The zero-order chi connectivity index (χ0) is 14.8. The minimum absolute atomic E-state index is 0. The molecule has 6 heteroatoms. The Morgan fingerprint density at radius 1 is 1.27 bits per heavy atom. The summed E-state index contributed by atoms with van der Waals surface area (Å²) < 4.78 is 0. The molecule has 22 heavy (non-hydrogen) atoms. The van der Waals surface area contributed by atoms with Crippen LogP contribution in [-0.4, -0.2) is 50.1 Å². The van der Waals surface area contributed by atoms with Gasteiger partial charge in [0.15, 0.2) is 5.96 Å². The van der Waals surface area contributed by atoms with Crippen molar-refractivity contribution >= 4 is 47.2 Å². The second kappa shape index (κ2) is 7.73. The van der Waals surface area contributed by atoms with Gasteiger partial charge in [-0.25, -0.2) is 0 Å². The number of aliphatic imine (C=N–C) groups is 1. The molecule has 1 saturated heterocycles. The van der Waals surface area contributed by atoms with E-state index in [4.69, 9.17) is 11.6 Å². The average Bonchev–Trinajstić information content (AvgIpc) is 3.20. The van der Waals surface area contributed by atoms with Gasteiger partial charge in [0.25, 0.3) is 0 Å². The lowest BCUT2D eigenvalue weighted by Gasteiger charge is -2.37. The zero-order valence-corrected chi connectivity index (χ0v) is 16.2. The second-order valence-electron chi connectivity index (χ2n) is 5.96. The summed E-state index contributed by atoms with van der Waals surface area (Å²) in [5.41, 5.74) is 1.21. The molecule has 1 N–H and O–H groups in total. The Hall–Kier alpha value is -0.690. The number of nitrogens with zero attached hydrogens (tertiary/aromatic N) is 3. The topological polar surface area (TPSA) is 30.9 Å². The summed E-state index contributed by atoms with van der Waals surface area (Å²) in [5.74, 6) is 1.84. The Morgan fingerprint density at radius 2 is 1.95 bits per heavy atom. The van der Waals surface area contributed by atoms with Gasteiger partial charge < -0.3 is 15.1 Å². The van der Waals surface area contributed by atoms with E-state index in [0.717, 1.165) is 43.1 Å². The molecule has 1 aliphatic heterocycles. The summed E-state index contributed by atoms with van der Waals surface area (Å²) in [6, 6.07) is 8.72. The van der Waals surface area contributed by atoms with E-state index >= 15 is 0 Å². The quantitative estimate of drug-likeness (QED) is 0.441. The van der Waals surface area contributed by atoms with Crippen LogP contribution in [0.2, 0.25) is 5.02 Å². The number of nitrogens with one attached hydrogen (secondary N) is 1. The molecule has 1 aromatic carbocycles. The lowest BCUT2D eigenvalue weighted by atomic mass is 10.2. The Labute approximate surface area is 154 Å². The van der Waals surface area contributed by atoms with Crippen LogP contribution in [0.4, 0.5) is 5.69 Å². The lowest BCUT2D eigenvalue weighted by Crippen LogP contribution is -2.53. The van der Waals surface area contributed by atoms with Crippen molar-refractivity contribution in [2.75, 3.05) is 38.1 Å². The van der Waals surface area contributed by atoms with E-state index in [9.17, 15) is 0 Å². The highest BCUT2D eigenvalue weighted by molar-refractivity contribution is 14.0. The van der Waals surface area contributed by atoms with E-state index in [-0.39, 0.29) is 24.0 Å². The summed E-state index contributed by atoms with van der Waals surface area (Å²) in [6.07, 6.45) is 1.27. The molecular formula is C16H24ClIN4. The van der Waals surface area contributed by atoms with Crippen molar-refractivity contribution in [1.29, 1.82) is 0 Å². The first-order valence-corrected chi connectivity index (χ1v) is 8.04. The maximum Gasteiger partial charge on any atom is 0.193 e. The number of guanidine groups is 1. The van der Waals surface area contributed by atoms with E-state index in [1.54, 1.807) is 0 Å². The predicted octanol–water partition coefficient (Wildman–Crippen LogP) is 3.06. The number of rotatable bonds is 2. The van der Waals surface area contributed by atoms with Crippen LogP contribution in [0.25, 0.3) is 0 Å². The second-order valence-corrected chi connectivity index (χ2v) is 6.40. The molecule has 3 rings (SSSR count). The smallest absolute Gasteiger partial charge is 0.193 e. The minimum Gasteiger partial charge on any atom is -0.368 e. The van der Waals surface area contributed by atoms with Gasteiger partial charge in [-0.15, -0.1) is 24.0 Å². The summed E-state index contributed by atoms with van der Waals surface area (Å²) in [6.45, 7) is 6.27. The third-order valence-electron chi connectivity index (χ3n) is 4.39. The number of piperazine rings is 1. The first kappa shape index (κ1) is 17.7. The Bertz CT molecular complexity index is 529. The molecule has 0 aromatic heterocycles. The van der Waals surface area contributed by atoms with Gasteiger partial charge in [0.2, 0.25) is 0 Å². The van der Waals surface area contributed by atoms with Crippen LogP contribution in [0.5, 0.6) is 0 Å². The number of benzene rings is 1. The Kier molecular flexibility index (Phi) is 6.20. The van der Waals surface area contributed by atoms with Crippen molar-refractivity contribution in [3.8, 4) is 0 Å². The van der Waals surface area contributed by atoms with Crippen LogP contribution < -0.4 is 10.2 Å². The standard InChI is InChI=1S/C16H23ClN4.HI/c1-12-10-15(12)19-16(18-2)21-8-6-20(7-9-21)14-5-3-4-13(17)11-14;/h3-5,11-12,15H,6-10H2,1-2H3,(H,18,19);1H. The largest absolute Gasteiger partial charge is 0.368 e. The highest BCUT2D eigenvalue weighted by Crippen LogP contribution is 2.29. The fraction of sp³-hybridized carbons (Fsp3) is 0.562. The number of halogens is 2. The van der Waals surface area contributed by atoms with E-state index in [1.165, 1.54) is 12.1 Å². The van der Waals surface area contributed by atoms with Gasteiger partial charge in [-0.1, -0.05) is 24.6 Å². The number of anilines is 1. The fourth-order valence-corrected chi connectivity index (χ4v) is 3.02. The van der Waals surface area contributed by atoms with Crippen molar-refractivity contribution in [3.63, 3.8) is 0 Å². The van der Waals surface area contributed by atoms with Crippen molar-refractivity contribution in [1.82, 2.24) is 10.2 Å². The van der Waals surface area contributed by atoms with Gasteiger partial charge in [0, 0.05) is 50.0 Å². The van der Waals surface area contributed by atoms with Crippen LogP contribution in [-0.2, 0) is 0 Å². The minimum atomic E-state index is 0. The molecule has 2 unspecified atom stereocenters. The molecule has 1 aromatic rings. The van der Waals surface area contributed by atoms with Gasteiger partial charge in [-0.2, -0.15) is 0 Å². The monoisotopic (exact) mass is 434 g/mol. The molecular weight excluding hydrogens is 411 g/mol. The van der Waals surface area contributed by atoms with Crippen LogP contribution in [0.3, 0.4) is 0 Å². The molecule has 0 spiro atoms. The van der Waals surface area contributed by atoms with E-state index in [2.05, 4.69) is 33.1 Å². The van der Waals surface area contributed by atoms with E-state index in [1.807, 2.05) is 25.2 Å². The van der Waals surface area contributed by atoms with Crippen molar-refractivity contribution < 1.29 is 0 Å². The fourth-order valence-electron chi connectivity index (χ4n) is 2.84. The van der Waals surface area contributed by atoms with Gasteiger partial charge >= 0.3 is 0 Å². The van der Waals surface area contributed by atoms with Gasteiger partial charge in [0.05, 0.1) is 0 Å². The summed E-state index contributed by atoms with van der Waals surface area (Å²) in [7, 11) is 1.87. The zero-order valence-electron chi connectivity index (χ0n) is 13.1. The molecule has 1 saturated carbocycles. The molecule has 122 valence electrons. The molecule has 0 radical (unpaired) electrons. The summed E-state index contributed by atoms with van der Waals surface area (Å²) >= 11 is 6.08. The molecule has 2 atom stereocenters. The molecule has 4 nitrogen and oxygen atoms in total. The summed E-state index contributed by atoms with van der Waals surface area (Å²) in [5, 5.41) is 4.36. The SMILES string of the molecule is CN=C(NC1CC1C)N1CCN(c2cccc(Cl)c2)CC1.I. The third kappa shape index (κ3) is 4.19. The van der Waals surface area contributed by atoms with Gasteiger partial charge in [0.1, 0.15) is 0 Å². The predicted molar refractivity (Wildman–Crippen MR) is 105 cm³/mol. The van der Waals surface area contributed by atoms with Crippen LogP contribution in [0.15, 0.2) is 29.3 Å². The van der Waals surface area contributed by atoms with Crippen molar-refractivity contribution in [2.45, 2.75) is 19.4 Å². The van der Waals surface area contributed by atoms with E-state index < -0.39 is 0 Å². The molecule has 0 bridgehead atoms. The maximum atomic E-state index is 6.08. The Balaban J connectivity index is 0.00000176. The highest BCUT2D eigenvalue weighted by Gasteiger charge is 2.34. The van der Waals surface area contributed by atoms with Crippen LogP contribution in [0, 0.1) is 5.92 Å². The molecule has 1 aliphatic carbocycles. The Morgan fingerprint density at radius 3 is 2.50 bits per heavy atom. The normalized spacial score (nSPS) is 24.8. The average molecular weight is 435 g/mol. The molecule has 2 aliphatic rings. The van der Waals surface area contributed by atoms with Crippen LogP contribution in [0.1, 0.15) is 13.3 Å². The molecule has 0 amide bonds. The molecule has 2 fully saturated rings. The lowest BCUT2D eigenvalue weighted by molar-refractivity contribution is 0.371. The first-order valence-electron chi connectivity index (χ1n) is 7.66. The van der Waals surface area contributed by atoms with Crippen LogP contribution >= 0.6 is 35.6 Å². The van der Waals surface area contributed by atoms with Gasteiger partial charge in [-0.05, 0) is 30.5 Å². The van der Waals surface area contributed by atoms with Gasteiger partial charge in [-0.3, -0.25) is 4.99 Å². The van der Waals surface area contributed by atoms with E-state index in [0.29, 0.717) is 6.04 Å². The number of hydrogen-bond acceptors (Lipinski definition) is 2. The first-order chi connectivity index (χ1) is 10.2. The number of hydrogen-bond donors (Lipinski definition) is 1.